The van der Waals surface area contributed by atoms with Crippen LogP contribution in [0.5, 0.6) is 0 Å². The summed E-state index contributed by atoms with van der Waals surface area (Å²) in [6, 6.07) is 23.4. The zero-order chi connectivity index (χ0) is 19.6. The molecular formula is C24H28N2OS. The number of benzene rings is 2. The Balaban J connectivity index is 1.72. The number of nitrogens with zero attached hydrogens (tertiary/aromatic N) is 1. The fourth-order valence-electron chi connectivity index (χ4n) is 4.65. The van der Waals surface area contributed by atoms with E-state index in [2.05, 4.69) is 71.8 Å². The van der Waals surface area contributed by atoms with Crippen molar-refractivity contribution in [3.8, 4) is 0 Å². The van der Waals surface area contributed by atoms with Crippen molar-refractivity contribution < 1.29 is 4.74 Å². The van der Waals surface area contributed by atoms with Gasteiger partial charge in [0.05, 0.1) is 11.6 Å². The van der Waals surface area contributed by atoms with Gasteiger partial charge in [-0.3, -0.25) is 0 Å². The van der Waals surface area contributed by atoms with Gasteiger partial charge in [0.1, 0.15) is 0 Å². The van der Waals surface area contributed by atoms with E-state index in [0.29, 0.717) is 5.92 Å². The Labute approximate surface area is 171 Å². The Morgan fingerprint density at radius 1 is 1.07 bits per heavy atom. The van der Waals surface area contributed by atoms with Crippen molar-refractivity contribution in [2.75, 3.05) is 24.3 Å². The normalized spacial score (nSPS) is 23.5. The highest BCUT2D eigenvalue weighted by molar-refractivity contribution is 7.10. The monoisotopic (exact) mass is 392 g/mol. The van der Waals surface area contributed by atoms with Gasteiger partial charge in [-0.05, 0) is 67.0 Å². The predicted octanol–water partition coefficient (Wildman–Crippen LogP) is 5.85. The predicted molar refractivity (Wildman–Crippen MR) is 119 cm³/mol. The number of piperidine rings is 1. The fraction of sp³-hybridized carbons (Fsp3) is 0.333. The van der Waals surface area contributed by atoms with Crippen LogP contribution in [0.1, 0.15) is 36.3 Å². The van der Waals surface area contributed by atoms with Crippen LogP contribution in [0.25, 0.3) is 0 Å². The number of nitrogen functional groups attached to an aromatic ring is 1. The lowest BCUT2D eigenvalue weighted by Gasteiger charge is -2.50. The minimum atomic E-state index is -0.119. The Hall–Kier alpha value is -2.30. The molecule has 3 atom stereocenters. The first kappa shape index (κ1) is 19.0. The van der Waals surface area contributed by atoms with E-state index in [9.17, 15) is 0 Å². The average Bonchev–Trinajstić information content (AvgIpc) is 3.24. The van der Waals surface area contributed by atoms with Crippen molar-refractivity contribution >= 4 is 22.7 Å². The van der Waals surface area contributed by atoms with Crippen LogP contribution in [0.4, 0.5) is 11.4 Å². The maximum atomic E-state index is 6.00. The molecule has 2 heterocycles. The molecule has 4 heteroatoms. The van der Waals surface area contributed by atoms with Crippen LogP contribution < -0.4 is 10.6 Å². The molecule has 2 N–H and O–H groups in total. The summed E-state index contributed by atoms with van der Waals surface area (Å²) in [6.07, 6.45) is 2.28. The molecule has 4 rings (SSSR count). The van der Waals surface area contributed by atoms with Gasteiger partial charge >= 0.3 is 0 Å². The van der Waals surface area contributed by atoms with Gasteiger partial charge in [0.15, 0.2) is 0 Å². The molecular weight excluding hydrogens is 364 g/mol. The molecule has 146 valence electrons. The van der Waals surface area contributed by atoms with Gasteiger partial charge in [0.2, 0.25) is 0 Å². The summed E-state index contributed by atoms with van der Waals surface area (Å²) in [5.74, 6) is 0.464. The van der Waals surface area contributed by atoms with E-state index in [1.54, 1.807) is 11.3 Å². The second-order valence-corrected chi connectivity index (χ2v) is 8.79. The van der Waals surface area contributed by atoms with Gasteiger partial charge in [-0.1, -0.05) is 36.4 Å². The number of thiophene rings is 1. The molecule has 0 amide bonds. The highest BCUT2D eigenvalue weighted by Crippen LogP contribution is 2.47. The van der Waals surface area contributed by atoms with E-state index in [-0.39, 0.29) is 11.6 Å². The number of ether oxygens (including phenoxy) is 1. The molecule has 0 radical (unpaired) electrons. The van der Waals surface area contributed by atoms with Crippen LogP contribution in [0.3, 0.4) is 0 Å². The van der Waals surface area contributed by atoms with E-state index < -0.39 is 0 Å². The molecule has 0 saturated carbocycles. The van der Waals surface area contributed by atoms with E-state index in [1.165, 1.54) is 16.1 Å². The minimum Gasteiger partial charge on any atom is -0.399 e. The van der Waals surface area contributed by atoms with E-state index in [1.807, 2.05) is 19.2 Å². The molecule has 3 aromatic rings. The van der Waals surface area contributed by atoms with E-state index >= 15 is 0 Å². The number of anilines is 2. The quantitative estimate of drug-likeness (QED) is 0.554. The molecule has 3 nitrogen and oxygen atoms in total. The van der Waals surface area contributed by atoms with Crippen molar-refractivity contribution in [1.29, 1.82) is 0 Å². The molecule has 0 bridgehead atoms. The Morgan fingerprint density at radius 2 is 1.82 bits per heavy atom. The molecule has 0 spiro atoms. The number of nitrogens with two attached hydrogens (primary N) is 1. The van der Waals surface area contributed by atoms with E-state index in [0.717, 1.165) is 25.1 Å². The summed E-state index contributed by atoms with van der Waals surface area (Å²) in [6.45, 7) is 3.36. The summed E-state index contributed by atoms with van der Waals surface area (Å²) in [5, 5.41) is 2.14. The summed E-state index contributed by atoms with van der Waals surface area (Å²) in [5.41, 5.74) is 9.23. The molecule has 1 aliphatic heterocycles. The van der Waals surface area contributed by atoms with Gasteiger partial charge in [-0.15, -0.1) is 11.3 Å². The van der Waals surface area contributed by atoms with Crippen LogP contribution in [0.15, 0.2) is 72.1 Å². The highest BCUT2D eigenvalue weighted by atomic mass is 32.1. The lowest BCUT2D eigenvalue weighted by molar-refractivity contribution is 0.0276. The third-order valence-corrected chi connectivity index (χ3v) is 7.02. The molecule has 2 aromatic carbocycles. The van der Waals surface area contributed by atoms with Crippen LogP contribution in [0, 0.1) is 5.92 Å². The molecule has 3 unspecified atom stereocenters. The fourth-order valence-corrected chi connectivity index (χ4v) is 5.55. The lowest BCUT2D eigenvalue weighted by Crippen LogP contribution is -2.51. The van der Waals surface area contributed by atoms with Crippen LogP contribution in [-0.2, 0) is 10.3 Å². The smallest absolute Gasteiger partial charge is 0.0942 e. The third-order valence-electron chi connectivity index (χ3n) is 6.09. The van der Waals surface area contributed by atoms with Crippen molar-refractivity contribution in [1.82, 2.24) is 0 Å². The number of rotatable bonds is 5. The Kier molecular flexibility index (Phi) is 5.42. The first-order valence-electron chi connectivity index (χ1n) is 9.87. The minimum absolute atomic E-state index is 0.119. The molecule has 1 aromatic heterocycles. The van der Waals surface area contributed by atoms with Gasteiger partial charge < -0.3 is 15.4 Å². The Morgan fingerprint density at radius 3 is 2.46 bits per heavy atom. The molecule has 1 fully saturated rings. The summed E-state index contributed by atoms with van der Waals surface area (Å²) in [7, 11) is 1.84. The summed E-state index contributed by atoms with van der Waals surface area (Å²) < 4.78 is 6.00. The average molecular weight is 393 g/mol. The second-order valence-electron chi connectivity index (χ2n) is 7.81. The van der Waals surface area contributed by atoms with Crippen molar-refractivity contribution in [3.05, 3.63) is 82.6 Å². The SMILES string of the molecule is COC(c1cccs1)C1CCN(c2ccccc2)C(C)(c2ccc(N)cc2)C1. The maximum absolute atomic E-state index is 6.00. The van der Waals surface area contributed by atoms with Crippen LogP contribution in [0.2, 0.25) is 0 Å². The summed E-state index contributed by atoms with van der Waals surface area (Å²) in [4.78, 5) is 3.87. The Bertz CT molecular complexity index is 879. The second kappa shape index (κ2) is 7.98. The zero-order valence-electron chi connectivity index (χ0n) is 16.5. The van der Waals surface area contributed by atoms with Crippen molar-refractivity contribution in [3.63, 3.8) is 0 Å². The first-order chi connectivity index (χ1) is 13.6. The topological polar surface area (TPSA) is 38.5 Å². The van der Waals surface area contributed by atoms with Gasteiger partial charge in [-0.2, -0.15) is 0 Å². The number of hydrogen-bond donors (Lipinski definition) is 1. The van der Waals surface area contributed by atoms with Gasteiger partial charge in [0.25, 0.3) is 0 Å². The van der Waals surface area contributed by atoms with Crippen molar-refractivity contribution in [2.45, 2.75) is 31.4 Å². The lowest BCUT2D eigenvalue weighted by atomic mass is 9.74. The summed E-state index contributed by atoms with van der Waals surface area (Å²) >= 11 is 1.79. The highest BCUT2D eigenvalue weighted by Gasteiger charge is 2.43. The van der Waals surface area contributed by atoms with Gasteiger partial charge in [-0.25, -0.2) is 0 Å². The third kappa shape index (κ3) is 3.54. The number of para-hydroxylation sites is 1. The zero-order valence-corrected chi connectivity index (χ0v) is 17.4. The van der Waals surface area contributed by atoms with Crippen LogP contribution >= 0.6 is 11.3 Å². The largest absolute Gasteiger partial charge is 0.399 e. The maximum Gasteiger partial charge on any atom is 0.0942 e. The standard InChI is InChI=1S/C24H28N2OS/c1-24(19-10-12-20(25)13-11-19)17-18(23(27-2)22-9-6-16-28-22)14-15-26(24)21-7-4-3-5-8-21/h3-13,16,18,23H,14-15,17,25H2,1-2H3. The molecule has 0 aliphatic carbocycles. The number of methoxy groups -OCH3 is 1. The van der Waals surface area contributed by atoms with Gasteiger partial charge in [0, 0.05) is 29.9 Å². The molecule has 1 aliphatic rings. The number of hydrogen-bond acceptors (Lipinski definition) is 4. The van der Waals surface area contributed by atoms with Crippen LogP contribution in [-0.4, -0.2) is 13.7 Å². The van der Waals surface area contributed by atoms with Crippen molar-refractivity contribution in [2.24, 2.45) is 5.92 Å². The first-order valence-corrected chi connectivity index (χ1v) is 10.7. The molecule has 28 heavy (non-hydrogen) atoms. The molecule has 1 saturated heterocycles. The van der Waals surface area contributed by atoms with E-state index in [4.69, 9.17) is 10.5 Å².